The predicted octanol–water partition coefficient (Wildman–Crippen LogP) is 3.82. The van der Waals surface area contributed by atoms with Crippen LogP contribution in [-0.2, 0) is 0 Å². The molecule has 0 bridgehead atoms. The summed E-state index contributed by atoms with van der Waals surface area (Å²) in [7, 11) is 0. The van der Waals surface area contributed by atoms with Crippen molar-refractivity contribution in [3.05, 3.63) is 47.7 Å². The second kappa shape index (κ2) is 7.07. The molecule has 0 saturated carbocycles. The summed E-state index contributed by atoms with van der Waals surface area (Å²) < 4.78 is 5.25. The summed E-state index contributed by atoms with van der Waals surface area (Å²) in [4.78, 5) is 18.4. The highest BCUT2D eigenvalue weighted by molar-refractivity contribution is 5.92. The minimum Gasteiger partial charge on any atom is -0.438 e. The van der Waals surface area contributed by atoms with Crippen LogP contribution in [-0.4, -0.2) is 34.9 Å². The van der Waals surface area contributed by atoms with Crippen LogP contribution in [0.1, 0.15) is 54.4 Å². The average Bonchev–Trinajstić information content (AvgIpc) is 3.01. The van der Waals surface area contributed by atoms with E-state index in [4.69, 9.17) is 4.42 Å². The van der Waals surface area contributed by atoms with E-state index in [2.05, 4.69) is 48.4 Å². The Morgan fingerprint density at radius 1 is 1.33 bits per heavy atom. The van der Waals surface area contributed by atoms with Crippen LogP contribution in [0.5, 0.6) is 0 Å². The minimum absolute atomic E-state index is 0.0633. The van der Waals surface area contributed by atoms with Crippen LogP contribution in [0.2, 0.25) is 0 Å². The lowest BCUT2D eigenvalue weighted by molar-refractivity contribution is 0.0681. The number of hydrogen-bond donors (Lipinski definition) is 1. The van der Waals surface area contributed by atoms with E-state index in [0.29, 0.717) is 23.9 Å². The molecule has 1 N–H and O–H groups in total. The Kier molecular flexibility index (Phi) is 4.88. The quantitative estimate of drug-likeness (QED) is 0.927. The number of likely N-dealkylation sites (tertiary alicyclic amines) is 1. The molecule has 1 saturated heterocycles. The third-order valence-corrected chi connectivity index (χ3v) is 4.60. The second-order valence-electron chi connectivity index (χ2n) is 6.78. The van der Waals surface area contributed by atoms with Gasteiger partial charge in [-0.2, -0.15) is 0 Å². The standard InChI is InChI=1S/C19H25N3O2/c1-13(2)15-6-8-16(9-7-15)21-17-5-4-10-22(11-17)19(23)18-14(3)20-12-24-18/h6-9,12-13,17,21H,4-5,10-11H2,1-3H3. The zero-order chi connectivity index (χ0) is 17.1. The van der Waals surface area contributed by atoms with Crippen LogP contribution in [0.3, 0.4) is 0 Å². The van der Waals surface area contributed by atoms with Gasteiger partial charge < -0.3 is 14.6 Å². The van der Waals surface area contributed by atoms with Gasteiger partial charge in [-0.25, -0.2) is 4.98 Å². The van der Waals surface area contributed by atoms with E-state index in [-0.39, 0.29) is 11.9 Å². The topological polar surface area (TPSA) is 58.4 Å². The molecular weight excluding hydrogens is 302 g/mol. The van der Waals surface area contributed by atoms with Crippen molar-refractivity contribution in [1.29, 1.82) is 0 Å². The highest BCUT2D eigenvalue weighted by Crippen LogP contribution is 2.21. The lowest BCUT2D eigenvalue weighted by Gasteiger charge is -2.33. The highest BCUT2D eigenvalue weighted by atomic mass is 16.3. The van der Waals surface area contributed by atoms with E-state index in [0.717, 1.165) is 25.1 Å². The van der Waals surface area contributed by atoms with Gasteiger partial charge in [0.15, 0.2) is 6.39 Å². The number of amides is 1. The van der Waals surface area contributed by atoms with Gasteiger partial charge in [-0.1, -0.05) is 26.0 Å². The van der Waals surface area contributed by atoms with Gasteiger partial charge in [0.05, 0.1) is 5.69 Å². The number of nitrogens with zero attached hydrogens (tertiary/aromatic N) is 2. The number of oxazole rings is 1. The molecule has 1 aromatic carbocycles. The normalized spacial score (nSPS) is 18.0. The number of carbonyl (C=O) groups is 1. The molecule has 1 amide bonds. The zero-order valence-electron chi connectivity index (χ0n) is 14.6. The molecule has 24 heavy (non-hydrogen) atoms. The molecule has 1 fully saturated rings. The predicted molar refractivity (Wildman–Crippen MR) is 94.3 cm³/mol. The van der Waals surface area contributed by atoms with Crippen LogP contribution >= 0.6 is 0 Å². The van der Waals surface area contributed by atoms with Crippen LogP contribution < -0.4 is 5.32 Å². The first-order chi connectivity index (χ1) is 11.5. The molecule has 1 aliphatic rings. The average molecular weight is 327 g/mol. The number of piperidine rings is 1. The molecule has 1 aromatic heterocycles. The summed E-state index contributed by atoms with van der Waals surface area (Å²) in [6, 6.07) is 8.83. The fraction of sp³-hybridized carbons (Fsp3) is 0.474. The summed E-state index contributed by atoms with van der Waals surface area (Å²) in [5.41, 5.74) is 3.09. The van der Waals surface area contributed by atoms with Gasteiger partial charge in [0.1, 0.15) is 0 Å². The van der Waals surface area contributed by atoms with Crippen molar-refractivity contribution in [1.82, 2.24) is 9.88 Å². The van der Waals surface area contributed by atoms with Crippen molar-refractivity contribution >= 4 is 11.6 Å². The maximum absolute atomic E-state index is 12.6. The first-order valence-electron chi connectivity index (χ1n) is 8.60. The van der Waals surface area contributed by atoms with Gasteiger partial charge >= 0.3 is 0 Å². The molecule has 1 aliphatic heterocycles. The maximum Gasteiger partial charge on any atom is 0.291 e. The molecule has 2 aromatic rings. The summed E-state index contributed by atoms with van der Waals surface area (Å²) in [5.74, 6) is 0.829. The smallest absolute Gasteiger partial charge is 0.291 e. The van der Waals surface area contributed by atoms with Crippen LogP contribution in [0.25, 0.3) is 0 Å². The Labute approximate surface area is 143 Å². The summed E-state index contributed by atoms with van der Waals surface area (Å²) in [5, 5.41) is 3.55. The fourth-order valence-electron chi connectivity index (χ4n) is 3.13. The van der Waals surface area contributed by atoms with E-state index in [1.165, 1.54) is 12.0 Å². The number of anilines is 1. The monoisotopic (exact) mass is 327 g/mol. The number of rotatable bonds is 4. The van der Waals surface area contributed by atoms with E-state index in [9.17, 15) is 4.79 Å². The van der Waals surface area contributed by atoms with Gasteiger partial charge in [0.2, 0.25) is 5.76 Å². The minimum atomic E-state index is -0.0633. The second-order valence-corrected chi connectivity index (χ2v) is 6.78. The van der Waals surface area contributed by atoms with E-state index in [1.807, 2.05) is 4.90 Å². The summed E-state index contributed by atoms with van der Waals surface area (Å²) in [6.45, 7) is 7.64. The van der Waals surface area contributed by atoms with Crippen molar-refractivity contribution in [3.8, 4) is 0 Å². The van der Waals surface area contributed by atoms with Gasteiger partial charge in [-0.05, 0) is 43.4 Å². The molecule has 1 atom stereocenters. The van der Waals surface area contributed by atoms with Crippen LogP contribution in [0.15, 0.2) is 35.1 Å². The molecule has 5 nitrogen and oxygen atoms in total. The van der Waals surface area contributed by atoms with Gasteiger partial charge in [0.25, 0.3) is 5.91 Å². The molecular formula is C19H25N3O2. The molecule has 5 heteroatoms. The molecule has 3 rings (SSSR count). The number of hydrogen-bond acceptors (Lipinski definition) is 4. The van der Waals surface area contributed by atoms with Gasteiger partial charge in [-0.15, -0.1) is 0 Å². The molecule has 128 valence electrons. The zero-order valence-corrected chi connectivity index (χ0v) is 14.6. The Balaban J connectivity index is 1.63. The Bertz CT molecular complexity index is 691. The van der Waals surface area contributed by atoms with Gasteiger partial charge in [-0.3, -0.25) is 4.79 Å². The molecule has 0 radical (unpaired) electrons. The first kappa shape index (κ1) is 16.6. The molecule has 0 spiro atoms. The lowest BCUT2D eigenvalue weighted by atomic mass is 10.0. The maximum atomic E-state index is 12.6. The third-order valence-electron chi connectivity index (χ3n) is 4.60. The van der Waals surface area contributed by atoms with Crippen LogP contribution in [0.4, 0.5) is 5.69 Å². The molecule has 0 aliphatic carbocycles. The van der Waals surface area contributed by atoms with E-state index < -0.39 is 0 Å². The number of benzene rings is 1. The van der Waals surface area contributed by atoms with Crippen molar-refractivity contribution in [2.24, 2.45) is 0 Å². The largest absolute Gasteiger partial charge is 0.438 e. The number of carbonyl (C=O) groups excluding carboxylic acids is 1. The first-order valence-corrected chi connectivity index (χ1v) is 8.60. The number of aryl methyl sites for hydroxylation is 1. The SMILES string of the molecule is Cc1ncoc1C(=O)N1CCCC(Nc2ccc(C(C)C)cc2)C1. The third kappa shape index (κ3) is 3.61. The van der Waals surface area contributed by atoms with Crippen molar-refractivity contribution < 1.29 is 9.21 Å². The molecule has 1 unspecified atom stereocenters. The van der Waals surface area contributed by atoms with Crippen molar-refractivity contribution in [2.45, 2.75) is 45.6 Å². The molecule has 2 heterocycles. The number of nitrogens with one attached hydrogen (secondary N) is 1. The summed E-state index contributed by atoms with van der Waals surface area (Å²) in [6.07, 6.45) is 3.38. The summed E-state index contributed by atoms with van der Waals surface area (Å²) >= 11 is 0. The Hall–Kier alpha value is -2.30. The highest BCUT2D eigenvalue weighted by Gasteiger charge is 2.27. The van der Waals surface area contributed by atoms with Crippen molar-refractivity contribution in [2.75, 3.05) is 18.4 Å². The fourth-order valence-corrected chi connectivity index (χ4v) is 3.13. The van der Waals surface area contributed by atoms with Gasteiger partial charge in [0, 0.05) is 24.8 Å². The Morgan fingerprint density at radius 2 is 2.08 bits per heavy atom. The van der Waals surface area contributed by atoms with Crippen LogP contribution in [0, 0.1) is 6.92 Å². The lowest BCUT2D eigenvalue weighted by Crippen LogP contribution is -2.45. The van der Waals surface area contributed by atoms with E-state index >= 15 is 0 Å². The number of aromatic nitrogens is 1. The Morgan fingerprint density at radius 3 is 2.71 bits per heavy atom. The van der Waals surface area contributed by atoms with E-state index in [1.54, 1.807) is 6.92 Å². The van der Waals surface area contributed by atoms with Crippen molar-refractivity contribution in [3.63, 3.8) is 0 Å².